The van der Waals surface area contributed by atoms with Gasteiger partial charge in [0.25, 0.3) is 6.02 Å². The molecule has 1 rings (SSSR count). The number of ether oxygens (including phenoxy) is 2. The zero-order chi connectivity index (χ0) is 18.0. The number of nitrogens with two attached hydrogens (primary N) is 1. The van der Waals surface area contributed by atoms with Gasteiger partial charge < -0.3 is 15.2 Å². The predicted octanol–water partition coefficient (Wildman–Crippen LogP) is 3.79. The third-order valence-electron chi connectivity index (χ3n) is 3.74. The molecular formula is C18H31N3O2S. The smallest absolute Gasteiger partial charge is 0.281 e. The predicted molar refractivity (Wildman–Crippen MR) is 103 cm³/mol. The van der Waals surface area contributed by atoms with E-state index >= 15 is 0 Å². The van der Waals surface area contributed by atoms with E-state index in [0.29, 0.717) is 6.54 Å². The molecule has 0 saturated carbocycles. The number of benzene rings is 1. The van der Waals surface area contributed by atoms with E-state index in [4.69, 9.17) is 15.2 Å². The van der Waals surface area contributed by atoms with Crippen LogP contribution in [0.25, 0.3) is 0 Å². The second kappa shape index (κ2) is 10.5. The summed E-state index contributed by atoms with van der Waals surface area (Å²) in [5.74, 6) is 0.888. The zero-order valence-electron chi connectivity index (χ0n) is 15.5. The van der Waals surface area contributed by atoms with Crippen LogP contribution in [-0.2, 0) is 4.74 Å². The molecule has 0 aliphatic heterocycles. The minimum atomic E-state index is 0.215. The van der Waals surface area contributed by atoms with Crippen LogP contribution in [0.5, 0.6) is 5.75 Å². The van der Waals surface area contributed by atoms with Crippen LogP contribution >= 0.6 is 11.9 Å². The molecule has 5 nitrogen and oxygen atoms in total. The topological polar surface area (TPSA) is 60.1 Å². The Balaban J connectivity index is 2.49. The monoisotopic (exact) mass is 353 g/mol. The number of amidine groups is 1. The quantitative estimate of drug-likeness (QED) is 0.300. The van der Waals surface area contributed by atoms with Gasteiger partial charge in [-0.15, -0.1) is 0 Å². The van der Waals surface area contributed by atoms with Crippen molar-refractivity contribution in [3.8, 4) is 5.75 Å². The van der Waals surface area contributed by atoms with Crippen LogP contribution < -0.4 is 10.5 Å². The van der Waals surface area contributed by atoms with Gasteiger partial charge in [0, 0.05) is 24.5 Å². The van der Waals surface area contributed by atoms with Crippen LogP contribution in [0.2, 0.25) is 0 Å². The van der Waals surface area contributed by atoms with Crippen molar-refractivity contribution in [2.75, 3.05) is 33.9 Å². The molecular weight excluding hydrogens is 322 g/mol. The molecule has 1 aromatic rings. The number of hydrogen-bond acceptors (Lipinski definition) is 5. The van der Waals surface area contributed by atoms with Crippen molar-refractivity contribution < 1.29 is 9.47 Å². The largest absolute Gasteiger partial charge is 0.497 e. The molecule has 0 fully saturated rings. The molecule has 0 aliphatic rings. The van der Waals surface area contributed by atoms with E-state index in [9.17, 15) is 0 Å². The Bertz CT molecular complexity index is 503. The van der Waals surface area contributed by atoms with Gasteiger partial charge in [0.15, 0.2) is 0 Å². The fraction of sp³-hybridized carbons (Fsp3) is 0.611. The van der Waals surface area contributed by atoms with Crippen molar-refractivity contribution in [3.63, 3.8) is 0 Å². The van der Waals surface area contributed by atoms with Gasteiger partial charge in [-0.1, -0.05) is 20.8 Å². The number of methoxy groups -OCH3 is 2. The fourth-order valence-corrected chi connectivity index (χ4v) is 3.46. The Morgan fingerprint density at radius 2 is 1.92 bits per heavy atom. The van der Waals surface area contributed by atoms with Gasteiger partial charge in [-0.25, -0.2) is 9.30 Å². The number of rotatable bonds is 10. The fourth-order valence-electron chi connectivity index (χ4n) is 2.36. The summed E-state index contributed by atoms with van der Waals surface area (Å²) in [6, 6.07) is 8.46. The maximum atomic E-state index is 5.54. The molecule has 0 radical (unpaired) electrons. The Labute approximate surface area is 150 Å². The third-order valence-corrected chi connectivity index (χ3v) is 4.87. The van der Waals surface area contributed by atoms with Crippen molar-refractivity contribution in [2.24, 2.45) is 16.1 Å². The molecule has 1 aromatic carbocycles. The highest BCUT2D eigenvalue weighted by Crippen LogP contribution is 2.30. The number of nitrogens with zero attached hydrogens (tertiary/aromatic N) is 2. The summed E-state index contributed by atoms with van der Waals surface area (Å²) in [5, 5.41) is 0. The van der Waals surface area contributed by atoms with Gasteiger partial charge >= 0.3 is 0 Å². The second-order valence-corrected chi connectivity index (χ2v) is 7.59. The molecule has 136 valence electrons. The first kappa shape index (κ1) is 20.6. The molecule has 24 heavy (non-hydrogen) atoms. The minimum Gasteiger partial charge on any atom is -0.497 e. The van der Waals surface area contributed by atoms with Crippen molar-refractivity contribution in [1.82, 2.24) is 4.31 Å². The van der Waals surface area contributed by atoms with Crippen LogP contribution in [-0.4, -0.2) is 44.2 Å². The summed E-state index contributed by atoms with van der Waals surface area (Å²) in [5.41, 5.74) is 5.75. The minimum absolute atomic E-state index is 0.215. The lowest BCUT2D eigenvalue weighted by molar-refractivity contribution is 0.256. The van der Waals surface area contributed by atoms with Gasteiger partial charge in [0.1, 0.15) is 5.75 Å². The van der Waals surface area contributed by atoms with E-state index in [1.165, 1.54) is 12.0 Å². The molecule has 0 atom stereocenters. The van der Waals surface area contributed by atoms with Crippen LogP contribution in [0.3, 0.4) is 0 Å². The van der Waals surface area contributed by atoms with Crippen LogP contribution in [0.1, 0.15) is 33.6 Å². The molecule has 6 heteroatoms. The van der Waals surface area contributed by atoms with E-state index in [1.54, 1.807) is 19.1 Å². The molecule has 0 aromatic heterocycles. The van der Waals surface area contributed by atoms with Crippen molar-refractivity contribution >= 4 is 18.0 Å². The van der Waals surface area contributed by atoms with Crippen LogP contribution in [0.15, 0.2) is 34.2 Å². The van der Waals surface area contributed by atoms with Crippen LogP contribution in [0.4, 0.5) is 0 Å². The lowest BCUT2D eigenvalue weighted by Gasteiger charge is -2.31. The Morgan fingerprint density at radius 1 is 1.25 bits per heavy atom. The Hall–Kier alpha value is -1.40. The van der Waals surface area contributed by atoms with Crippen molar-refractivity contribution in [2.45, 2.75) is 38.5 Å². The van der Waals surface area contributed by atoms with E-state index in [0.717, 1.165) is 31.7 Å². The van der Waals surface area contributed by atoms with E-state index in [1.807, 2.05) is 12.1 Å². The molecule has 0 saturated heterocycles. The van der Waals surface area contributed by atoms with Crippen LogP contribution in [0, 0.1) is 5.41 Å². The maximum absolute atomic E-state index is 5.54. The highest BCUT2D eigenvalue weighted by molar-refractivity contribution is 7.97. The summed E-state index contributed by atoms with van der Waals surface area (Å²) in [4.78, 5) is 5.40. The first-order valence-corrected chi connectivity index (χ1v) is 9.08. The summed E-state index contributed by atoms with van der Waals surface area (Å²) >= 11 is 1.79. The molecule has 0 heterocycles. The molecule has 0 bridgehead atoms. The molecule has 0 unspecified atom stereocenters. The number of hydrogen-bond donors (Lipinski definition) is 1. The molecule has 2 N–H and O–H groups in total. The average Bonchev–Trinajstić information content (AvgIpc) is 2.58. The first-order chi connectivity index (χ1) is 11.4. The van der Waals surface area contributed by atoms with Gasteiger partial charge in [0.05, 0.1) is 14.2 Å². The average molecular weight is 354 g/mol. The van der Waals surface area contributed by atoms with Gasteiger partial charge in [-0.2, -0.15) is 0 Å². The van der Waals surface area contributed by atoms with E-state index < -0.39 is 0 Å². The van der Waals surface area contributed by atoms with E-state index in [2.05, 4.69) is 42.2 Å². The molecule has 0 aliphatic carbocycles. The Morgan fingerprint density at radius 3 is 2.46 bits per heavy atom. The summed E-state index contributed by atoms with van der Waals surface area (Å²) in [6.45, 7) is 9.51. The molecule has 0 spiro atoms. The summed E-state index contributed by atoms with van der Waals surface area (Å²) in [6.07, 6.45) is 2.09. The number of aliphatic imine (C=N–C) groups is 1. The standard InChI is InChI=1S/C18H31N3O2S/c1-6-21(24-16-10-8-15(22-4)9-11-16)14-18(2,3)12-7-13-20-17(19)23-5/h8-11H,6-7,12-14H2,1-5H3,(H2,19,20). The van der Waals surface area contributed by atoms with Gasteiger partial charge in [0.2, 0.25) is 0 Å². The maximum Gasteiger partial charge on any atom is 0.281 e. The summed E-state index contributed by atoms with van der Waals surface area (Å²) < 4.78 is 12.5. The van der Waals surface area contributed by atoms with E-state index in [-0.39, 0.29) is 11.4 Å². The Kier molecular flexibility index (Phi) is 9.00. The molecule has 0 amide bonds. The lowest BCUT2D eigenvalue weighted by atomic mass is 9.88. The zero-order valence-corrected chi connectivity index (χ0v) is 16.4. The highest BCUT2D eigenvalue weighted by atomic mass is 32.2. The van der Waals surface area contributed by atoms with Crippen molar-refractivity contribution in [3.05, 3.63) is 24.3 Å². The normalized spacial score (nSPS) is 12.5. The first-order valence-electron chi connectivity index (χ1n) is 8.31. The van der Waals surface area contributed by atoms with Gasteiger partial charge in [-0.05, 0) is 54.5 Å². The summed E-state index contributed by atoms with van der Waals surface area (Å²) in [7, 11) is 3.23. The van der Waals surface area contributed by atoms with Gasteiger partial charge in [-0.3, -0.25) is 0 Å². The third kappa shape index (κ3) is 7.93. The second-order valence-electron chi connectivity index (χ2n) is 6.41. The highest BCUT2D eigenvalue weighted by Gasteiger charge is 2.21. The van der Waals surface area contributed by atoms with Crippen molar-refractivity contribution in [1.29, 1.82) is 0 Å². The lowest BCUT2D eigenvalue weighted by Crippen LogP contribution is -2.29. The SMILES string of the molecule is CCN(CC(C)(C)CCCN=C(N)OC)Sc1ccc(OC)cc1.